The summed E-state index contributed by atoms with van der Waals surface area (Å²) in [5, 5.41) is 0. The molecule has 0 saturated heterocycles. The van der Waals surface area contributed by atoms with Gasteiger partial charge in [0.1, 0.15) is 12.4 Å². The lowest BCUT2D eigenvalue weighted by atomic mass is 10.0. The number of benzene rings is 2. The van der Waals surface area contributed by atoms with Crippen molar-refractivity contribution >= 4 is 5.97 Å². The molecule has 1 atom stereocenters. The number of carbonyl (C=O) groups excluding carboxylic acids is 1. The molecule has 0 fully saturated rings. The van der Waals surface area contributed by atoms with Crippen molar-refractivity contribution in [1.29, 1.82) is 0 Å². The summed E-state index contributed by atoms with van der Waals surface area (Å²) < 4.78 is 10.3. The lowest BCUT2D eigenvalue weighted by molar-refractivity contribution is -0.145. The number of hydrogen-bond acceptors (Lipinski definition) is 3. The summed E-state index contributed by atoms with van der Waals surface area (Å²) in [5.74, 6) is 0.222. The van der Waals surface area contributed by atoms with E-state index in [1.807, 2.05) is 24.3 Å². The Kier molecular flexibility index (Phi) is 4.99. The number of methoxy groups -OCH3 is 1. The van der Waals surface area contributed by atoms with Gasteiger partial charge in [-0.25, -0.2) is 0 Å². The maximum atomic E-state index is 11.3. The van der Waals surface area contributed by atoms with Crippen LogP contribution in [0.3, 0.4) is 0 Å². The summed E-state index contributed by atoms with van der Waals surface area (Å²) in [6.45, 7) is 4.17. The fourth-order valence-electron chi connectivity index (χ4n) is 1.98. The van der Waals surface area contributed by atoms with Gasteiger partial charge in [0.25, 0.3) is 0 Å². The molecule has 0 amide bonds. The van der Waals surface area contributed by atoms with Crippen molar-refractivity contribution in [3.05, 3.63) is 54.1 Å². The van der Waals surface area contributed by atoms with Crippen molar-refractivity contribution in [2.24, 2.45) is 5.92 Å². The molecular formula is C18H20O3. The van der Waals surface area contributed by atoms with E-state index in [9.17, 15) is 4.79 Å². The van der Waals surface area contributed by atoms with Crippen LogP contribution in [0.5, 0.6) is 5.75 Å². The molecule has 0 heterocycles. The van der Waals surface area contributed by atoms with E-state index in [0.717, 1.165) is 11.3 Å². The fourth-order valence-corrected chi connectivity index (χ4v) is 1.98. The molecule has 110 valence electrons. The normalized spacial score (nSPS) is 11.8. The van der Waals surface area contributed by atoms with Crippen LogP contribution >= 0.6 is 0 Å². The van der Waals surface area contributed by atoms with Gasteiger partial charge in [-0.3, -0.25) is 4.79 Å². The first-order valence-corrected chi connectivity index (χ1v) is 6.98. The Balaban J connectivity index is 1.99. The van der Waals surface area contributed by atoms with Crippen molar-refractivity contribution in [3.8, 4) is 16.9 Å². The molecule has 2 aromatic carbocycles. The smallest absolute Gasteiger partial charge is 0.311 e. The number of esters is 1. The van der Waals surface area contributed by atoms with Crippen LogP contribution in [0, 0.1) is 12.8 Å². The summed E-state index contributed by atoms with van der Waals surface area (Å²) in [7, 11) is 1.38. The summed E-state index contributed by atoms with van der Waals surface area (Å²) in [5.41, 5.74) is 3.56. The lowest BCUT2D eigenvalue weighted by Crippen LogP contribution is -2.19. The van der Waals surface area contributed by atoms with Gasteiger partial charge in [0.2, 0.25) is 0 Å². The molecule has 0 spiro atoms. The summed E-state index contributed by atoms with van der Waals surface area (Å²) in [4.78, 5) is 11.3. The zero-order valence-electron chi connectivity index (χ0n) is 12.6. The van der Waals surface area contributed by atoms with Crippen LogP contribution in [-0.4, -0.2) is 19.7 Å². The highest BCUT2D eigenvalue weighted by atomic mass is 16.5. The zero-order chi connectivity index (χ0) is 15.2. The van der Waals surface area contributed by atoms with Crippen molar-refractivity contribution in [3.63, 3.8) is 0 Å². The Bertz CT molecular complexity index is 585. The molecule has 21 heavy (non-hydrogen) atoms. The monoisotopic (exact) mass is 284 g/mol. The van der Waals surface area contributed by atoms with E-state index in [4.69, 9.17) is 4.74 Å². The maximum absolute atomic E-state index is 11.3. The van der Waals surface area contributed by atoms with Gasteiger partial charge in [-0.1, -0.05) is 42.0 Å². The van der Waals surface area contributed by atoms with Crippen LogP contribution in [0.2, 0.25) is 0 Å². The Morgan fingerprint density at radius 1 is 1.00 bits per heavy atom. The predicted molar refractivity (Wildman–Crippen MR) is 83.3 cm³/mol. The largest absolute Gasteiger partial charge is 0.493 e. The molecule has 0 saturated carbocycles. The van der Waals surface area contributed by atoms with Gasteiger partial charge in [0, 0.05) is 0 Å². The predicted octanol–water partition coefficient (Wildman–Crippen LogP) is 3.85. The van der Waals surface area contributed by atoms with Crippen molar-refractivity contribution < 1.29 is 14.3 Å². The topological polar surface area (TPSA) is 35.5 Å². The molecule has 0 bridgehead atoms. The molecule has 0 aromatic heterocycles. The van der Waals surface area contributed by atoms with Crippen molar-refractivity contribution in [2.45, 2.75) is 13.8 Å². The molecule has 0 N–H and O–H groups in total. The Labute approximate surface area is 125 Å². The van der Waals surface area contributed by atoms with Crippen molar-refractivity contribution in [1.82, 2.24) is 0 Å². The van der Waals surface area contributed by atoms with Crippen LogP contribution < -0.4 is 4.74 Å². The summed E-state index contributed by atoms with van der Waals surface area (Å²) in [6, 6.07) is 16.3. The average Bonchev–Trinajstić information content (AvgIpc) is 2.53. The second kappa shape index (κ2) is 6.93. The molecule has 3 nitrogen and oxygen atoms in total. The van der Waals surface area contributed by atoms with Gasteiger partial charge in [0.05, 0.1) is 13.0 Å². The van der Waals surface area contributed by atoms with Crippen LogP contribution in [0.15, 0.2) is 48.5 Å². The highest BCUT2D eigenvalue weighted by Crippen LogP contribution is 2.23. The van der Waals surface area contributed by atoms with E-state index in [1.54, 1.807) is 6.92 Å². The third-order valence-corrected chi connectivity index (χ3v) is 3.34. The van der Waals surface area contributed by atoms with Gasteiger partial charge < -0.3 is 9.47 Å². The number of ether oxygens (including phenoxy) is 2. The fraction of sp³-hybridized carbons (Fsp3) is 0.278. The average molecular weight is 284 g/mol. The number of aryl methyl sites for hydroxylation is 1. The molecule has 0 aliphatic rings. The highest BCUT2D eigenvalue weighted by Gasteiger charge is 2.13. The van der Waals surface area contributed by atoms with Crippen LogP contribution in [0.25, 0.3) is 11.1 Å². The van der Waals surface area contributed by atoms with Crippen LogP contribution in [-0.2, 0) is 9.53 Å². The minimum absolute atomic E-state index is 0.258. The van der Waals surface area contributed by atoms with Gasteiger partial charge in [-0.2, -0.15) is 0 Å². The van der Waals surface area contributed by atoms with E-state index in [2.05, 4.69) is 35.9 Å². The second-order valence-electron chi connectivity index (χ2n) is 5.13. The van der Waals surface area contributed by atoms with E-state index < -0.39 is 0 Å². The first-order chi connectivity index (χ1) is 10.1. The van der Waals surface area contributed by atoms with E-state index in [0.29, 0.717) is 6.61 Å². The first-order valence-electron chi connectivity index (χ1n) is 6.98. The van der Waals surface area contributed by atoms with E-state index in [-0.39, 0.29) is 11.9 Å². The Hall–Kier alpha value is -2.29. The highest BCUT2D eigenvalue weighted by molar-refractivity contribution is 5.72. The van der Waals surface area contributed by atoms with E-state index >= 15 is 0 Å². The molecule has 2 rings (SSSR count). The third-order valence-electron chi connectivity index (χ3n) is 3.34. The summed E-state index contributed by atoms with van der Waals surface area (Å²) in [6.07, 6.45) is 0. The molecule has 2 aromatic rings. The quantitative estimate of drug-likeness (QED) is 0.782. The molecule has 0 radical (unpaired) electrons. The van der Waals surface area contributed by atoms with Crippen LogP contribution in [0.1, 0.15) is 12.5 Å². The summed E-state index contributed by atoms with van der Waals surface area (Å²) >= 11 is 0. The maximum Gasteiger partial charge on any atom is 0.311 e. The molecule has 1 unspecified atom stereocenters. The molecule has 0 aliphatic heterocycles. The Morgan fingerprint density at radius 2 is 1.52 bits per heavy atom. The van der Waals surface area contributed by atoms with Crippen LogP contribution in [0.4, 0.5) is 0 Å². The Morgan fingerprint density at radius 3 is 2.05 bits per heavy atom. The number of rotatable bonds is 5. The van der Waals surface area contributed by atoms with Gasteiger partial charge in [0.15, 0.2) is 0 Å². The molecular weight excluding hydrogens is 264 g/mol. The lowest BCUT2D eigenvalue weighted by Gasteiger charge is -2.11. The standard InChI is InChI=1S/C18H20O3/c1-13-4-6-15(7-5-13)16-8-10-17(11-9-16)21-12-14(2)18(19)20-3/h4-11,14H,12H2,1-3H3. The second-order valence-corrected chi connectivity index (χ2v) is 5.13. The SMILES string of the molecule is COC(=O)C(C)COc1ccc(-c2ccc(C)cc2)cc1. The molecule has 3 heteroatoms. The minimum Gasteiger partial charge on any atom is -0.493 e. The van der Waals surface area contributed by atoms with Gasteiger partial charge in [-0.05, 0) is 37.1 Å². The van der Waals surface area contributed by atoms with Gasteiger partial charge in [-0.15, -0.1) is 0 Å². The minimum atomic E-state index is -0.272. The van der Waals surface area contributed by atoms with E-state index in [1.165, 1.54) is 18.2 Å². The van der Waals surface area contributed by atoms with Gasteiger partial charge >= 0.3 is 5.97 Å². The third kappa shape index (κ3) is 4.09. The first kappa shape index (κ1) is 15.1. The number of carbonyl (C=O) groups is 1. The zero-order valence-corrected chi connectivity index (χ0v) is 12.6. The van der Waals surface area contributed by atoms with Crippen molar-refractivity contribution in [2.75, 3.05) is 13.7 Å². The number of hydrogen-bond donors (Lipinski definition) is 0. The molecule has 0 aliphatic carbocycles.